The van der Waals surface area contributed by atoms with Crippen molar-refractivity contribution in [3.63, 3.8) is 0 Å². The highest BCUT2D eigenvalue weighted by atomic mass is 14.5. The molecule has 0 saturated heterocycles. The van der Waals surface area contributed by atoms with Crippen LogP contribution in [0.1, 0.15) is 44.7 Å². The molecule has 2 heteroatoms. The Morgan fingerprint density at radius 2 is 1.82 bits per heavy atom. The highest BCUT2D eigenvalue weighted by Crippen LogP contribution is 2.08. The van der Waals surface area contributed by atoms with Crippen molar-refractivity contribution in [2.24, 2.45) is 0 Å². The summed E-state index contributed by atoms with van der Waals surface area (Å²) < 4.78 is 0. The zero-order chi connectivity index (χ0) is 13.3. The minimum atomic E-state index is 0.388. The summed E-state index contributed by atoms with van der Waals surface area (Å²) in [4.78, 5) is 0. The number of benzene rings is 1. The fourth-order valence-corrected chi connectivity index (χ4v) is 1.52. The first-order valence-electron chi connectivity index (χ1n) is 6.28. The number of hydrogen-bond donors (Lipinski definition) is 2. The molecule has 2 N–H and O–H groups in total. The molecule has 0 aliphatic heterocycles. The second-order valence-electron chi connectivity index (χ2n) is 3.95. The van der Waals surface area contributed by atoms with Crippen molar-refractivity contribution < 1.29 is 0 Å². The van der Waals surface area contributed by atoms with Crippen molar-refractivity contribution in [1.29, 1.82) is 10.8 Å². The molecule has 0 radical (unpaired) electrons. The molecule has 2 nitrogen and oxygen atoms in total. The Balaban J connectivity index is 0.00000121. The molecule has 0 amide bonds. The molecule has 17 heavy (non-hydrogen) atoms. The van der Waals surface area contributed by atoms with Crippen molar-refractivity contribution in [2.45, 2.75) is 47.0 Å². The van der Waals surface area contributed by atoms with Crippen LogP contribution in [0.15, 0.2) is 24.3 Å². The largest absolute Gasteiger partial charge is 0.304 e. The van der Waals surface area contributed by atoms with Crippen LogP contribution in [-0.2, 0) is 6.42 Å². The molecule has 0 spiro atoms. The fraction of sp³-hybridized carbons (Fsp3) is 0.467. The Bertz CT molecular complexity index is 367. The van der Waals surface area contributed by atoms with E-state index in [2.05, 4.69) is 31.2 Å². The Labute approximate surface area is 105 Å². The van der Waals surface area contributed by atoms with E-state index in [9.17, 15) is 0 Å². The van der Waals surface area contributed by atoms with E-state index in [-0.39, 0.29) is 0 Å². The summed E-state index contributed by atoms with van der Waals surface area (Å²) in [6.45, 7) is 7.77. The van der Waals surface area contributed by atoms with Gasteiger partial charge in [-0.25, -0.2) is 0 Å². The van der Waals surface area contributed by atoms with Gasteiger partial charge < -0.3 is 10.8 Å². The normalized spacial score (nSPS) is 9.18. The van der Waals surface area contributed by atoms with Gasteiger partial charge in [-0.05, 0) is 38.7 Å². The molecule has 1 rings (SSSR count). The van der Waals surface area contributed by atoms with Gasteiger partial charge in [0.25, 0.3) is 0 Å². The average molecular weight is 232 g/mol. The average Bonchev–Trinajstić information content (AvgIpc) is 2.31. The van der Waals surface area contributed by atoms with Crippen LogP contribution in [0.5, 0.6) is 0 Å². The number of nitrogens with one attached hydrogen (secondary N) is 2. The third-order valence-electron chi connectivity index (χ3n) is 2.43. The highest BCUT2D eigenvalue weighted by molar-refractivity contribution is 6.38. The van der Waals surface area contributed by atoms with Crippen LogP contribution in [0.25, 0.3) is 0 Å². The van der Waals surface area contributed by atoms with Gasteiger partial charge in [0.15, 0.2) is 0 Å². The Hall–Kier alpha value is -1.44. The van der Waals surface area contributed by atoms with Crippen molar-refractivity contribution >= 4 is 11.4 Å². The van der Waals surface area contributed by atoms with Gasteiger partial charge in [-0.3, -0.25) is 0 Å². The third-order valence-corrected chi connectivity index (χ3v) is 2.43. The maximum absolute atomic E-state index is 7.53. The molecule has 0 aromatic heterocycles. The second-order valence-corrected chi connectivity index (χ2v) is 3.95. The van der Waals surface area contributed by atoms with E-state index in [1.807, 2.05) is 13.8 Å². The maximum Gasteiger partial charge on any atom is 0.0518 e. The number of hydrogen-bond acceptors (Lipinski definition) is 2. The highest BCUT2D eigenvalue weighted by Gasteiger charge is 2.00. The number of aryl methyl sites for hydroxylation is 2. The van der Waals surface area contributed by atoms with Gasteiger partial charge in [-0.1, -0.05) is 43.7 Å². The minimum Gasteiger partial charge on any atom is -0.304 e. The first kappa shape index (κ1) is 15.6. The molecule has 0 aliphatic carbocycles. The van der Waals surface area contributed by atoms with Crippen LogP contribution in [0.3, 0.4) is 0 Å². The standard InChI is InChI=1S/C13H18N2.C2H6/c1-10-5-3-6-12(9-10)7-4-8-13(15)11(2)14;1-2/h3,5-6,9,14-15H,4,7-8H2,1-2H3;1-2H3. The van der Waals surface area contributed by atoms with E-state index in [1.165, 1.54) is 11.1 Å². The summed E-state index contributed by atoms with van der Waals surface area (Å²) in [5.41, 5.74) is 3.46. The van der Waals surface area contributed by atoms with Gasteiger partial charge >= 0.3 is 0 Å². The SMILES string of the molecule is CC.CC(=N)C(=N)CCCc1cccc(C)c1. The molecule has 94 valence electrons. The summed E-state index contributed by atoms with van der Waals surface area (Å²) in [5, 5.41) is 14.8. The minimum absolute atomic E-state index is 0.388. The summed E-state index contributed by atoms with van der Waals surface area (Å²) in [6, 6.07) is 8.46. The molecule has 0 aliphatic rings. The van der Waals surface area contributed by atoms with Crippen LogP contribution in [0.4, 0.5) is 0 Å². The monoisotopic (exact) mass is 232 g/mol. The lowest BCUT2D eigenvalue weighted by molar-refractivity contribution is 0.865. The van der Waals surface area contributed by atoms with Gasteiger partial charge in [0.05, 0.1) is 5.71 Å². The molecule has 0 atom stereocenters. The number of rotatable bonds is 5. The fourth-order valence-electron chi connectivity index (χ4n) is 1.52. The van der Waals surface area contributed by atoms with E-state index in [4.69, 9.17) is 10.8 Å². The van der Waals surface area contributed by atoms with Crippen molar-refractivity contribution in [1.82, 2.24) is 0 Å². The van der Waals surface area contributed by atoms with Gasteiger partial charge in [-0.15, -0.1) is 0 Å². The van der Waals surface area contributed by atoms with Crippen molar-refractivity contribution in [2.75, 3.05) is 0 Å². The molecule has 1 aromatic rings. The molecule has 0 bridgehead atoms. The summed E-state index contributed by atoms with van der Waals surface area (Å²) >= 11 is 0. The molecule has 0 unspecified atom stereocenters. The third kappa shape index (κ3) is 6.67. The Morgan fingerprint density at radius 3 is 2.35 bits per heavy atom. The lowest BCUT2D eigenvalue weighted by Gasteiger charge is -2.03. The molecule has 1 aromatic carbocycles. The summed E-state index contributed by atoms with van der Waals surface area (Å²) in [7, 11) is 0. The van der Waals surface area contributed by atoms with Gasteiger partial charge in [0.2, 0.25) is 0 Å². The van der Waals surface area contributed by atoms with E-state index in [0.717, 1.165) is 12.8 Å². The topological polar surface area (TPSA) is 47.7 Å². The van der Waals surface area contributed by atoms with Crippen molar-refractivity contribution in [3.8, 4) is 0 Å². The zero-order valence-electron chi connectivity index (χ0n) is 11.4. The Morgan fingerprint density at radius 1 is 1.18 bits per heavy atom. The lowest BCUT2D eigenvalue weighted by Crippen LogP contribution is -2.07. The van der Waals surface area contributed by atoms with E-state index in [1.54, 1.807) is 6.92 Å². The Kier molecular flexibility index (Phi) is 7.95. The van der Waals surface area contributed by atoms with Crippen LogP contribution in [-0.4, -0.2) is 11.4 Å². The maximum atomic E-state index is 7.53. The van der Waals surface area contributed by atoms with Gasteiger partial charge in [0, 0.05) is 5.71 Å². The second kappa shape index (κ2) is 8.68. The molecular weight excluding hydrogens is 208 g/mol. The van der Waals surface area contributed by atoms with Crippen LogP contribution >= 0.6 is 0 Å². The van der Waals surface area contributed by atoms with E-state index in [0.29, 0.717) is 17.8 Å². The van der Waals surface area contributed by atoms with E-state index < -0.39 is 0 Å². The van der Waals surface area contributed by atoms with Crippen molar-refractivity contribution in [3.05, 3.63) is 35.4 Å². The first-order valence-corrected chi connectivity index (χ1v) is 6.28. The molecule has 0 saturated carbocycles. The quantitative estimate of drug-likeness (QED) is 0.707. The van der Waals surface area contributed by atoms with Crippen LogP contribution in [0, 0.1) is 17.7 Å². The predicted octanol–water partition coefficient (Wildman–Crippen LogP) is 4.40. The lowest BCUT2D eigenvalue weighted by atomic mass is 10.0. The molecule has 0 heterocycles. The van der Waals surface area contributed by atoms with Crippen LogP contribution in [0.2, 0.25) is 0 Å². The smallest absolute Gasteiger partial charge is 0.0518 e. The summed E-state index contributed by atoms with van der Waals surface area (Å²) in [6.07, 6.45) is 2.67. The predicted molar refractivity (Wildman–Crippen MR) is 76.6 cm³/mol. The van der Waals surface area contributed by atoms with Gasteiger partial charge in [-0.2, -0.15) is 0 Å². The zero-order valence-corrected chi connectivity index (χ0v) is 11.4. The summed E-state index contributed by atoms with van der Waals surface area (Å²) in [5.74, 6) is 0. The first-order chi connectivity index (χ1) is 8.09. The molecular formula is C15H24N2. The van der Waals surface area contributed by atoms with Gasteiger partial charge in [0.1, 0.15) is 0 Å². The van der Waals surface area contributed by atoms with E-state index >= 15 is 0 Å². The molecule has 0 fully saturated rings. The van der Waals surface area contributed by atoms with Crippen LogP contribution < -0.4 is 0 Å².